The van der Waals surface area contributed by atoms with Crippen LogP contribution in [0.3, 0.4) is 0 Å². The average Bonchev–Trinajstić information content (AvgIpc) is 2.54. The molecular formula is C12H12BNO3. The molecular weight excluding hydrogens is 217 g/mol. The quantitative estimate of drug-likeness (QED) is 0.687. The van der Waals surface area contributed by atoms with Crippen molar-refractivity contribution in [2.24, 2.45) is 0 Å². The summed E-state index contributed by atoms with van der Waals surface area (Å²) < 4.78 is 5.65. The molecule has 1 aliphatic heterocycles. The number of aromatic nitrogens is 1. The lowest BCUT2D eigenvalue weighted by Gasteiger charge is -2.10. The van der Waals surface area contributed by atoms with Gasteiger partial charge in [-0.3, -0.25) is 4.98 Å². The second kappa shape index (κ2) is 4.02. The third kappa shape index (κ3) is 1.68. The van der Waals surface area contributed by atoms with Gasteiger partial charge in [0.1, 0.15) is 5.75 Å². The molecule has 4 nitrogen and oxygen atoms in total. The number of benzene rings is 1. The highest BCUT2D eigenvalue weighted by molar-refractivity contribution is 6.61. The molecule has 0 spiro atoms. The van der Waals surface area contributed by atoms with E-state index in [-0.39, 0.29) is 0 Å². The molecule has 0 aliphatic carbocycles. The van der Waals surface area contributed by atoms with E-state index in [0.717, 1.165) is 29.5 Å². The maximum Gasteiger partial charge on any atom is 0.490 e. The molecule has 3 rings (SSSR count). The Balaban J connectivity index is 2.37. The molecule has 1 aromatic carbocycles. The van der Waals surface area contributed by atoms with Gasteiger partial charge in [-0.1, -0.05) is 6.07 Å². The van der Waals surface area contributed by atoms with Crippen LogP contribution in [0.15, 0.2) is 24.4 Å². The van der Waals surface area contributed by atoms with E-state index < -0.39 is 7.12 Å². The van der Waals surface area contributed by atoms with Crippen LogP contribution in [0.5, 0.6) is 5.75 Å². The van der Waals surface area contributed by atoms with Crippen LogP contribution in [-0.2, 0) is 6.42 Å². The number of hydrogen-bond acceptors (Lipinski definition) is 4. The summed E-state index contributed by atoms with van der Waals surface area (Å²) in [5, 5.41) is 19.6. The molecule has 5 heteroatoms. The second-order valence-electron chi connectivity index (χ2n) is 4.17. The Morgan fingerprint density at radius 3 is 2.94 bits per heavy atom. The summed E-state index contributed by atoms with van der Waals surface area (Å²) in [6, 6.07) is 5.41. The SMILES string of the molecule is OB(O)c1ccc2c3c(ccnc13)CCCO2. The van der Waals surface area contributed by atoms with E-state index in [1.54, 1.807) is 18.3 Å². The maximum absolute atomic E-state index is 9.34. The monoisotopic (exact) mass is 229 g/mol. The summed E-state index contributed by atoms with van der Waals surface area (Å²) in [4.78, 5) is 4.25. The first kappa shape index (κ1) is 10.6. The molecule has 0 fully saturated rings. The van der Waals surface area contributed by atoms with Gasteiger partial charge in [0.05, 0.1) is 12.1 Å². The van der Waals surface area contributed by atoms with Gasteiger partial charge in [0.15, 0.2) is 0 Å². The number of rotatable bonds is 1. The van der Waals surface area contributed by atoms with E-state index in [4.69, 9.17) is 4.74 Å². The predicted octanol–water partition coefficient (Wildman–Crippen LogP) is 0.240. The Morgan fingerprint density at radius 2 is 2.12 bits per heavy atom. The van der Waals surface area contributed by atoms with E-state index in [1.807, 2.05) is 6.07 Å². The molecule has 86 valence electrons. The van der Waals surface area contributed by atoms with Gasteiger partial charge in [0, 0.05) is 17.0 Å². The van der Waals surface area contributed by atoms with Gasteiger partial charge >= 0.3 is 7.12 Å². The first-order valence-electron chi connectivity index (χ1n) is 5.67. The average molecular weight is 229 g/mol. The fourth-order valence-electron chi connectivity index (χ4n) is 2.30. The Bertz CT molecular complexity index is 559. The van der Waals surface area contributed by atoms with Crippen LogP contribution in [0.4, 0.5) is 0 Å². The predicted molar refractivity (Wildman–Crippen MR) is 65.4 cm³/mol. The minimum Gasteiger partial charge on any atom is -0.493 e. The van der Waals surface area contributed by atoms with Crippen molar-refractivity contribution in [2.75, 3.05) is 6.61 Å². The summed E-state index contributed by atoms with van der Waals surface area (Å²) in [7, 11) is -1.50. The number of aryl methyl sites for hydroxylation is 1. The van der Waals surface area contributed by atoms with Gasteiger partial charge in [-0.15, -0.1) is 0 Å². The van der Waals surface area contributed by atoms with Crippen molar-refractivity contribution in [3.63, 3.8) is 0 Å². The Kier molecular flexibility index (Phi) is 2.50. The molecule has 1 aromatic heterocycles. The van der Waals surface area contributed by atoms with Gasteiger partial charge < -0.3 is 14.8 Å². The summed E-state index contributed by atoms with van der Waals surface area (Å²) in [5.74, 6) is 0.782. The zero-order valence-corrected chi connectivity index (χ0v) is 9.26. The summed E-state index contributed by atoms with van der Waals surface area (Å²) in [6.07, 6.45) is 3.60. The lowest BCUT2D eigenvalue weighted by molar-refractivity contribution is 0.319. The molecule has 0 unspecified atom stereocenters. The highest BCUT2D eigenvalue weighted by Gasteiger charge is 2.20. The van der Waals surface area contributed by atoms with Crippen molar-refractivity contribution in [3.8, 4) is 5.75 Å². The summed E-state index contributed by atoms with van der Waals surface area (Å²) >= 11 is 0. The normalized spacial score (nSPS) is 14.2. The van der Waals surface area contributed by atoms with Crippen LogP contribution < -0.4 is 10.2 Å². The zero-order chi connectivity index (χ0) is 11.8. The van der Waals surface area contributed by atoms with E-state index in [0.29, 0.717) is 17.6 Å². The van der Waals surface area contributed by atoms with E-state index in [1.165, 1.54) is 0 Å². The molecule has 1 aliphatic rings. The smallest absolute Gasteiger partial charge is 0.490 e. The van der Waals surface area contributed by atoms with Gasteiger partial charge in [-0.05, 0) is 30.5 Å². The molecule has 0 saturated heterocycles. The number of pyridine rings is 1. The largest absolute Gasteiger partial charge is 0.493 e. The lowest BCUT2D eigenvalue weighted by Crippen LogP contribution is -2.31. The molecule has 0 bridgehead atoms. The third-order valence-corrected chi connectivity index (χ3v) is 3.10. The molecule has 2 aromatic rings. The van der Waals surface area contributed by atoms with Crippen molar-refractivity contribution < 1.29 is 14.8 Å². The first-order chi connectivity index (χ1) is 8.27. The fraction of sp³-hybridized carbons (Fsp3) is 0.250. The van der Waals surface area contributed by atoms with Gasteiger partial charge in [-0.2, -0.15) is 0 Å². The summed E-state index contributed by atoms with van der Waals surface area (Å²) in [5.41, 5.74) is 2.21. The van der Waals surface area contributed by atoms with Gasteiger partial charge in [0.2, 0.25) is 0 Å². The fourth-order valence-corrected chi connectivity index (χ4v) is 2.30. The Labute approximate surface area is 99.0 Å². The van der Waals surface area contributed by atoms with Crippen LogP contribution >= 0.6 is 0 Å². The molecule has 0 amide bonds. The number of hydrogen-bond donors (Lipinski definition) is 2. The van der Waals surface area contributed by atoms with Crippen molar-refractivity contribution >= 4 is 23.5 Å². The Hall–Kier alpha value is -1.59. The van der Waals surface area contributed by atoms with Crippen molar-refractivity contribution in [1.82, 2.24) is 4.98 Å². The highest BCUT2D eigenvalue weighted by atomic mass is 16.5. The molecule has 2 heterocycles. The minimum atomic E-state index is -1.50. The minimum absolute atomic E-state index is 0.427. The van der Waals surface area contributed by atoms with Crippen LogP contribution in [-0.4, -0.2) is 28.8 Å². The topological polar surface area (TPSA) is 62.6 Å². The molecule has 0 atom stereocenters. The van der Waals surface area contributed by atoms with E-state index >= 15 is 0 Å². The highest BCUT2D eigenvalue weighted by Crippen LogP contribution is 2.29. The third-order valence-electron chi connectivity index (χ3n) is 3.10. The van der Waals surface area contributed by atoms with Crippen molar-refractivity contribution in [3.05, 3.63) is 30.0 Å². The number of ether oxygens (including phenoxy) is 1. The zero-order valence-electron chi connectivity index (χ0n) is 9.26. The van der Waals surface area contributed by atoms with Crippen LogP contribution in [0.25, 0.3) is 10.9 Å². The van der Waals surface area contributed by atoms with Crippen LogP contribution in [0.1, 0.15) is 12.0 Å². The molecule has 0 radical (unpaired) electrons. The first-order valence-corrected chi connectivity index (χ1v) is 5.67. The van der Waals surface area contributed by atoms with E-state index in [9.17, 15) is 10.0 Å². The molecule has 2 N–H and O–H groups in total. The maximum atomic E-state index is 9.34. The van der Waals surface area contributed by atoms with Gasteiger partial charge in [0.25, 0.3) is 0 Å². The van der Waals surface area contributed by atoms with Crippen molar-refractivity contribution in [1.29, 1.82) is 0 Å². The van der Waals surface area contributed by atoms with E-state index in [2.05, 4.69) is 4.98 Å². The van der Waals surface area contributed by atoms with Crippen LogP contribution in [0, 0.1) is 0 Å². The lowest BCUT2D eigenvalue weighted by atomic mass is 9.78. The standard InChI is InChI=1S/C12H12BNO3/c15-13(16)9-3-4-10-11-8(2-1-7-17-10)5-6-14-12(9)11/h3-6,15-16H,1-2,7H2. The van der Waals surface area contributed by atoms with Gasteiger partial charge in [-0.25, -0.2) is 0 Å². The number of nitrogens with zero attached hydrogens (tertiary/aromatic N) is 1. The summed E-state index contributed by atoms with van der Waals surface area (Å²) in [6.45, 7) is 0.685. The molecule has 0 saturated carbocycles. The molecule has 17 heavy (non-hydrogen) atoms. The van der Waals surface area contributed by atoms with Crippen molar-refractivity contribution in [2.45, 2.75) is 12.8 Å². The Morgan fingerprint density at radius 1 is 1.24 bits per heavy atom. The van der Waals surface area contributed by atoms with Crippen LogP contribution in [0.2, 0.25) is 0 Å². The second-order valence-corrected chi connectivity index (χ2v) is 4.17.